The van der Waals surface area contributed by atoms with Gasteiger partial charge in [-0.1, -0.05) is 11.8 Å². The number of thiophene rings is 1. The molecule has 2 heterocycles. The zero-order chi connectivity index (χ0) is 13.0. The lowest BCUT2D eigenvalue weighted by Gasteiger charge is -2.25. The SMILES string of the molecule is CC1OCCC1N(C)Cc1ccc(C#CCN)s1. The quantitative estimate of drug-likeness (QED) is 0.844. The summed E-state index contributed by atoms with van der Waals surface area (Å²) >= 11 is 1.75. The van der Waals surface area contributed by atoms with E-state index in [0.717, 1.165) is 24.4 Å². The van der Waals surface area contributed by atoms with Crippen LogP contribution in [0.2, 0.25) is 0 Å². The fraction of sp³-hybridized carbons (Fsp3) is 0.571. The van der Waals surface area contributed by atoms with Gasteiger partial charge in [-0.2, -0.15) is 0 Å². The molecule has 0 radical (unpaired) electrons. The van der Waals surface area contributed by atoms with Crippen LogP contribution in [0.25, 0.3) is 0 Å². The van der Waals surface area contributed by atoms with E-state index in [1.807, 2.05) is 0 Å². The summed E-state index contributed by atoms with van der Waals surface area (Å²) in [5.74, 6) is 5.96. The van der Waals surface area contributed by atoms with E-state index in [2.05, 4.69) is 42.8 Å². The average molecular weight is 264 g/mol. The topological polar surface area (TPSA) is 38.5 Å². The molecule has 0 bridgehead atoms. The molecule has 1 aromatic heterocycles. The molecule has 2 unspecified atom stereocenters. The Bertz CT molecular complexity index is 446. The third-order valence-electron chi connectivity index (χ3n) is 3.28. The zero-order valence-corrected chi connectivity index (χ0v) is 11.8. The van der Waals surface area contributed by atoms with Crippen molar-refractivity contribution in [3.63, 3.8) is 0 Å². The fourth-order valence-electron chi connectivity index (χ4n) is 2.33. The maximum atomic E-state index is 5.61. The number of hydrogen-bond acceptors (Lipinski definition) is 4. The molecule has 98 valence electrons. The first kappa shape index (κ1) is 13.6. The largest absolute Gasteiger partial charge is 0.377 e. The molecular weight excluding hydrogens is 244 g/mol. The lowest BCUT2D eigenvalue weighted by Crippen LogP contribution is -2.35. The number of rotatable bonds is 3. The second kappa shape index (κ2) is 6.35. The third-order valence-corrected chi connectivity index (χ3v) is 4.27. The molecule has 0 aliphatic carbocycles. The summed E-state index contributed by atoms with van der Waals surface area (Å²) in [6.07, 6.45) is 1.47. The number of hydrogen-bond donors (Lipinski definition) is 1. The van der Waals surface area contributed by atoms with Gasteiger partial charge in [0.15, 0.2) is 0 Å². The number of nitrogens with two attached hydrogens (primary N) is 1. The van der Waals surface area contributed by atoms with E-state index < -0.39 is 0 Å². The lowest BCUT2D eigenvalue weighted by atomic mass is 10.1. The van der Waals surface area contributed by atoms with Crippen molar-refractivity contribution < 1.29 is 4.74 Å². The fourth-order valence-corrected chi connectivity index (χ4v) is 3.28. The highest BCUT2D eigenvalue weighted by Crippen LogP contribution is 2.23. The van der Waals surface area contributed by atoms with Crippen molar-refractivity contribution >= 4 is 11.3 Å². The van der Waals surface area contributed by atoms with Gasteiger partial charge < -0.3 is 10.5 Å². The van der Waals surface area contributed by atoms with Crippen LogP contribution in [0.4, 0.5) is 0 Å². The van der Waals surface area contributed by atoms with Gasteiger partial charge in [0.2, 0.25) is 0 Å². The van der Waals surface area contributed by atoms with Gasteiger partial charge in [0, 0.05) is 24.1 Å². The Kier molecular flexibility index (Phi) is 4.79. The molecule has 0 spiro atoms. The first-order valence-corrected chi connectivity index (χ1v) is 7.12. The molecule has 1 aliphatic rings. The zero-order valence-electron chi connectivity index (χ0n) is 11.0. The highest BCUT2D eigenvalue weighted by atomic mass is 32.1. The summed E-state index contributed by atoms with van der Waals surface area (Å²) in [7, 11) is 2.17. The Morgan fingerprint density at radius 2 is 2.39 bits per heavy atom. The number of likely N-dealkylation sites (N-methyl/N-ethyl adjacent to an activating group) is 1. The maximum absolute atomic E-state index is 5.61. The first-order chi connectivity index (χ1) is 8.70. The van der Waals surface area contributed by atoms with Crippen LogP contribution in [0.5, 0.6) is 0 Å². The second-order valence-electron chi connectivity index (χ2n) is 4.62. The standard InChI is InChI=1S/C14H20N2OS/c1-11-14(7-9-17-11)16(2)10-13-6-5-12(18-13)4-3-8-15/h5-6,11,14H,7-10,15H2,1-2H3. The molecule has 0 aromatic carbocycles. The molecular formula is C14H20N2OS. The van der Waals surface area contributed by atoms with Crippen LogP contribution in [-0.4, -0.2) is 37.2 Å². The van der Waals surface area contributed by atoms with Crippen molar-refractivity contribution in [3.8, 4) is 11.8 Å². The third kappa shape index (κ3) is 3.33. The Balaban J connectivity index is 1.94. The summed E-state index contributed by atoms with van der Waals surface area (Å²) in [5, 5.41) is 0. The summed E-state index contributed by atoms with van der Waals surface area (Å²) < 4.78 is 5.61. The molecule has 0 saturated carbocycles. The molecule has 2 atom stereocenters. The minimum Gasteiger partial charge on any atom is -0.377 e. The van der Waals surface area contributed by atoms with E-state index in [4.69, 9.17) is 10.5 Å². The molecule has 1 aromatic rings. The van der Waals surface area contributed by atoms with Crippen molar-refractivity contribution in [1.29, 1.82) is 0 Å². The van der Waals surface area contributed by atoms with E-state index in [1.54, 1.807) is 11.3 Å². The van der Waals surface area contributed by atoms with Crippen LogP contribution in [0.1, 0.15) is 23.1 Å². The van der Waals surface area contributed by atoms with Gasteiger partial charge in [-0.05, 0) is 32.5 Å². The molecule has 2 N–H and O–H groups in total. The Morgan fingerprint density at radius 1 is 1.56 bits per heavy atom. The Hall–Kier alpha value is -0.860. The van der Waals surface area contributed by atoms with Crippen molar-refractivity contribution in [2.75, 3.05) is 20.2 Å². The Labute approximate surface area is 113 Å². The molecule has 18 heavy (non-hydrogen) atoms. The lowest BCUT2D eigenvalue weighted by molar-refractivity contribution is 0.0817. The van der Waals surface area contributed by atoms with Crippen LogP contribution in [-0.2, 0) is 11.3 Å². The van der Waals surface area contributed by atoms with Crippen molar-refractivity contribution in [2.24, 2.45) is 5.73 Å². The molecule has 2 rings (SSSR count). The van der Waals surface area contributed by atoms with E-state index in [0.29, 0.717) is 18.7 Å². The smallest absolute Gasteiger partial charge is 0.0772 e. The second-order valence-corrected chi connectivity index (χ2v) is 5.79. The average Bonchev–Trinajstić information content (AvgIpc) is 2.95. The predicted octanol–water partition coefficient (Wildman–Crippen LogP) is 1.67. The van der Waals surface area contributed by atoms with Gasteiger partial charge in [0.25, 0.3) is 0 Å². The molecule has 3 nitrogen and oxygen atoms in total. The van der Waals surface area contributed by atoms with E-state index in [9.17, 15) is 0 Å². The van der Waals surface area contributed by atoms with E-state index in [1.165, 1.54) is 4.88 Å². The molecule has 1 fully saturated rings. The summed E-state index contributed by atoms with van der Waals surface area (Å²) in [6.45, 7) is 4.42. The van der Waals surface area contributed by atoms with Crippen molar-refractivity contribution in [3.05, 3.63) is 21.9 Å². The highest BCUT2D eigenvalue weighted by molar-refractivity contribution is 7.12. The van der Waals surface area contributed by atoms with Crippen molar-refractivity contribution in [1.82, 2.24) is 4.90 Å². The Morgan fingerprint density at radius 3 is 3.06 bits per heavy atom. The highest BCUT2D eigenvalue weighted by Gasteiger charge is 2.27. The van der Waals surface area contributed by atoms with Crippen LogP contribution in [0, 0.1) is 11.8 Å². The van der Waals surface area contributed by atoms with Gasteiger partial charge in [0.1, 0.15) is 0 Å². The minimum atomic E-state index is 0.339. The summed E-state index contributed by atoms with van der Waals surface area (Å²) in [5.41, 5.74) is 5.37. The van der Waals surface area contributed by atoms with Crippen LogP contribution < -0.4 is 5.73 Å². The van der Waals surface area contributed by atoms with Gasteiger partial charge in [-0.25, -0.2) is 0 Å². The van der Waals surface area contributed by atoms with Crippen LogP contribution >= 0.6 is 11.3 Å². The van der Waals surface area contributed by atoms with Gasteiger partial charge in [0.05, 0.1) is 17.5 Å². The van der Waals surface area contributed by atoms with Gasteiger partial charge in [-0.3, -0.25) is 4.90 Å². The van der Waals surface area contributed by atoms with Gasteiger partial charge in [-0.15, -0.1) is 11.3 Å². The molecule has 0 amide bonds. The monoisotopic (exact) mass is 264 g/mol. The maximum Gasteiger partial charge on any atom is 0.0772 e. The van der Waals surface area contributed by atoms with Gasteiger partial charge >= 0.3 is 0 Å². The van der Waals surface area contributed by atoms with Crippen LogP contribution in [0.15, 0.2) is 12.1 Å². The number of ether oxygens (including phenoxy) is 1. The normalized spacial score (nSPS) is 23.1. The summed E-state index contributed by atoms with van der Waals surface area (Å²) in [4.78, 5) is 4.82. The molecule has 1 saturated heterocycles. The van der Waals surface area contributed by atoms with Crippen molar-refractivity contribution in [2.45, 2.75) is 32.0 Å². The minimum absolute atomic E-state index is 0.339. The van der Waals surface area contributed by atoms with E-state index in [-0.39, 0.29) is 0 Å². The van der Waals surface area contributed by atoms with E-state index >= 15 is 0 Å². The predicted molar refractivity (Wildman–Crippen MR) is 75.5 cm³/mol. The summed E-state index contributed by atoms with van der Waals surface area (Å²) in [6, 6.07) is 4.76. The first-order valence-electron chi connectivity index (χ1n) is 6.30. The number of nitrogens with zero attached hydrogens (tertiary/aromatic N) is 1. The molecule has 1 aliphatic heterocycles. The van der Waals surface area contributed by atoms with Crippen LogP contribution in [0.3, 0.4) is 0 Å². The molecule has 4 heteroatoms.